The fourth-order valence-electron chi connectivity index (χ4n) is 2.71. The molecule has 2 amide bonds. The van der Waals surface area contributed by atoms with E-state index in [0.717, 1.165) is 0 Å². The normalized spacial score (nSPS) is 16.7. The number of primary amides is 1. The van der Waals surface area contributed by atoms with Gasteiger partial charge in [0, 0.05) is 5.69 Å². The molecule has 2 aromatic rings. The molecular weight excluding hydrogens is 290 g/mol. The summed E-state index contributed by atoms with van der Waals surface area (Å²) in [5, 5.41) is 0. The lowest BCUT2D eigenvalue weighted by Gasteiger charge is -2.16. The molecule has 112 valence electrons. The molecule has 1 atom stereocenters. The van der Waals surface area contributed by atoms with Crippen molar-refractivity contribution in [1.29, 1.82) is 0 Å². The number of carbonyl (C=O) groups is 2. The minimum atomic E-state index is -0.773. The van der Waals surface area contributed by atoms with Gasteiger partial charge in [0.25, 0.3) is 0 Å². The van der Waals surface area contributed by atoms with E-state index in [9.17, 15) is 18.4 Å². The first-order valence-electron chi connectivity index (χ1n) is 6.62. The molecule has 1 heterocycles. The van der Waals surface area contributed by atoms with Gasteiger partial charge in [-0.25, -0.2) is 8.78 Å². The van der Waals surface area contributed by atoms with Gasteiger partial charge in [0.15, 0.2) is 0 Å². The highest BCUT2D eigenvalue weighted by Crippen LogP contribution is 2.41. The second-order valence-corrected chi connectivity index (χ2v) is 5.08. The third-order valence-corrected chi connectivity index (χ3v) is 3.62. The van der Waals surface area contributed by atoms with E-state index in [1.54, 1.807) is 0 Å². The van der Waals surface area contributed by atoms with Crippen molar-refractivity contribution in [2.45, 2.75) is 5.92 Å². The molecule has 0 bridgehead atoms. The molecule has 0 aromatic heterocycles. The fraction of sp³-hybridized carbons (Fsp3) is 0.125. The van der Waals surface area contributed by atoms with E-state index >= 15 is 0 Å². The van der Waals surface area contributed by atoms with E-state index in [2.05, 4.69) is 0 Å². The number of fused-ring (bicyclic) bond motifs is 1. The zero-order valence-corrected chi connectivity index (χ0v) is 11.4. The molecule has 0 fully saturated rings. The number of hydrogen-bond donors (Lipinski definition) is 1. The quantitative estimate of drug-likeness (QED) is 0.941. The first-order chi connectivity index (χ1) is 10.5. The lowest BCUT2D eigenvalue weighted by atomic mass is 9.92. The molecule has 0 aliphatic carbocycles. The van der Waals surface area contributed by atoms with Crippen LogP contribution in [0.4, 0.5) is 14.5 Å². The Morgan fingerprint density at radius 1 is 1.09 bits per heavy atom. The van der Waals surface area contributed by atoms with Crippen LogP contribution in [0.15, 0.2) is 42.5 Å². The highest BCUT2D eigenvalue weighted by Gasteiger charge is 2.39. The molecule has 6 heteroatoms. The highest BCUT2D eigenvalue weighted by atomic mass is 19.1. The first-order valence-corrected chi connectivity index (χ1v) is 6.62. The molecule has 1 aliphatic rings. The average molecular weight is 302 g/mol. The van der Waals surface area contributed by atoms with Gasteiger partial charge in [-0.2, -0.15) is 0 Å². The number of anilines is 1. The van der Waals surface area contributed by atoms with Crippen LogP contribution in [-0.2, 0) is 9.59 Å². The molecule has 1 aliphatic heterocycles. The Hall–Kier alpha value is -2.76. The average Bonchev–Trinajstić information content (AvgIpc) is 2.72. The van der Waals surface area contributed by atoms with E-state index in [1.807, 2.05) is 0 Å². The van der Waals surface area contributed by atoms with Crippen molar-refractivity contribution in [3.63, 3.8) is 0 Å². The number of amides is 2. The van der Waals surface area contributed by atoms with Crippen LogP contribution >= 0.6 is 0 Å². The number of halogens is 2. The zero-order valence-electron chi connectivity index (χ0n) is 11.4. The Morgan fingerprint density at radius 2 is 1.73 bits per heavy atom. The predicted octanol–water partition coefficient (Wildman–Crippen LogP) is 1.93. The summed E-state index contributed by atoms with van der Waals surface area (Å²) in [6, 6.07) is 9.32. The summed E-state index contributed by atoms with van der Waals surface area (Å²) >= 11 is 0. The Kier molecular flexibility index (Phi) is 3.36. The van der Waals surface area contributed by atoms with Crippen LogP contribution in [0.1, 0.15) is 17.0 Å². The van der Waals surface area contributed by atoms with Crippen molar-refractivity contribution in [2.24, 2.45) is 5.73 Å². The van der Waals surface area contributed by atoms with Crippen LogP contribution in [0.25, 0.3) is 0 Å². The largest absolute Gasteiger partial charge is 0.368 e. The van der Waals surface area contributed by atoms with Crippen LogP contribution in [0.3, 0.4) is 0 Å². The third kappa shape index (κ3) is 2.32. The maximum absolute atomic E-state index is 13.6. The summed E-state index contributed by atoms with van der Waals surface area (Å²) in [6.07, 6.45) is 0. The monoisotopic (exact) mass is 302 g/mol. The van der Waals surface area contributed by atoms with Crippen LogP contribution < -0.4 is 10.6 Å². The van der Waals surface area contributed by atoms with Gasteiger partial charge in [0.1, 0.15) is 18.2 Å². The number of rotatable bonds is 3. The van der Waals surface area contributed by atoms with Gasteiger partial charge in [0.05, 0.1) is 5.92 Å². The fourth-order valence-corrected chi connectivity index (χ4v) is 2.71. The maximum Gasteiger partial charge on any atom is 0.239 e. The predicted molar refractivity (Wildman–Crippen MR) is 76.2 cm³/mol. The van der Waals surface area contributed by atoms with E-state index in [0.29, 0.717) is 16.8 Å². The SMILES string of the molecule is NC(=O)CN1C(=O)C(c2ccc(F)cc2)c2cc(F)ccc21. The van der Waals surface area contributed by atoms with E-state index < -0.39 is 23.5 Å². The molecule has 0 saturated carbocycles. The molecule has 0 spiro atoms. The number of nitrogens with zero attached hydrogens (tertiary/aromatic N) is 1. The second kappa shape index (κ2) is 5.22. The smallest absolute Gasteiger partial charge is 0.239 e. The summed E-state index contributed by atoms with van der Waals surface area (Å²) in [5.74, 6) is -2.73. The van der Waals surface area contributed by atoms with Crippen molar-refractivity contribution in [2.75, 3.05) is 11.4 Å². The van der Waals surface area contributed by atoms with Crippen molar-refractivity contribution in [3.05, 3.63) is 65.2 Å². The molecule has 22 heavy (non-hydrogen) atoms. The van der Waals surface area contributed by atoms with Crippen LogP contribution in [0, 0.1) is 11.6 Å². The van der Waals surface area contributed by atoms with Crippen LogP contribution in [-0.4, -0.2) is 18.4 Å². The zero-order chi connectivity index (χ0) is 15.9. The van der Waals surface area contributed by atoms with Crippen molar-refractivity contribution >= 4 is 17.5 Å². The summed E-state index contributed by atoms with van der Waals surface area (Å²) in [6.45, 7) is -0.283. The van der Waals surface area contributed by atoms with Gasteiger partial charge in [-0.3, -0.25) is 9.59 Å². The molecule has 2 aromatic carbocycles. The Morgan fingerprint density at radius 3 is 2.36 bits per heavy atom. The summed E-state index contributed by atoms with van der Waals surface area (Å²) in [7, 11) is 0. The Bertz CT molecular complexity index is 759. The van der Waals surface area contributed by atoms with E-state index in [-0.39, 0.29) is 12.5 Å². The van der Waals surface area contributed by atoms with Crippen molar-refractivity contribution in [3.8, 4) is 0 Å². The topological polar surface area (TPSA) is 63.4 Å². The number of benzene rings is 2. The van der Waals surface area contributed by atoms with Gasteiger partial charge in [-0.15, -0.1) is 0 Å². The molecule has 0 saturated heterocycles. The molecular formula is C16H12F2N2O2. The molecule has 4 nitrogen and oxygen atoms in total. The number of nitrogens with two attached hydrogens (primary N) is 1. The van der Waals surface area contributed by atoms with Crippen LogP contribution in [0.5, 0.6) is 0 Å². The van der Waals surface area contributed by atoms with Crippen molar-refractivity contribution in [1.82, 2.24) is 0 Å². The van der Waals surface area contributed by atoms with Gasteiger partial charge < -0.3 is 10.6 Å². The molecule has 3 rings (SSSR count). The van der Waals surface area contributed by atoms with Gasteiger partial charge in [-0.1, -0.05) is 12.1 Å². The second-order valence-electron chi connectivity index (χ2n) is 5.08. The maximum atomic E-state index is 13.6. The number of carbonyl (C=O) groups excluding carboxylic acids is 2. The highest BCUT2D eigenvalue weighted by molar-refractivity contribution is 6.09. The third-order valence-electron chi connectivity index (χ3n) is 3.62. The van der Waals surface area contributed by atoms with Crippen molar-refractivity contribution < 1.29 is 18.4 Å². The molecule has 0 radical (unpaired) electrons. The lowest BCUT2D eigenvalue weighted by Crippen LogP contribution is -2.37. The Balaban J connectivity index is 2.11. The Labute approximate surface area is 125 Å². The van der Waals surface area contributed by atoms with E-state index in [1.165, 1.54) is 47.4 Å². The molecule has 1 unspecified atom stereocenters. The summed E-state index contributed by atoms with van der Waals surface area (Å²) < 4.78 is 26.6. The van der Waals surface area contributed by atoms with Gasteiger partial charge in [0.2, 0.25) is 11.8 Å². The number of hydrogen-bond acceptors (Lipinski definition) is 2. The first kappa shape index (κ1) is 14.2. The van der Waals surface area contributed by atoms with Gasteiger partial charge >= 0.3 is 0 Å². The minimum absolute atomic E-state index is 0.283. The van der Waals surface area contributed by atoms with Crippen LogP contribution in [0.2, 0.25) is 0 Å². The summed E-state index contributed by atoms with van der Waals surface area (Å²) in [4.78, 5) is 25.0. The lowest BCUT2D eigenvalue weighted by molar-refractivity contribution is -0.122. The summed E-state index contributed by atoms with van der Waals surface area (Å²) in [5.41, 5.74) is 6.59. The standard InChI is InChI=1S/C16H12F2N2O2/c17-10-3-1-9(2-4-10)15-12-7-11(18)5-6-13(12)20(16(15)22)8-14(19)21/h1-7,15H,8H2,(H2,19,21). The molecule has 2 N–H and O–H groups in total. The minimum Gasteiger partial charge on any atom is -0.368 e. The van der Waals surface area contributed by atoms with E-state index in [4.69, 9.17) is 5.73 Å². The van der Waals surface area contributed by atoms with Gasteiger partial charge in [-0.05, 0) is 41.5 Å².